The van der Waals surface area contributed by atoms with E-state index >= 15 is 0 Å². The van der Waals surface area contributed by atoms with Crippen molar-refractivity contribution in [1.82, 2.24) is 0 Å². The average molecular weight is 515 g/mol. The van der Waals surface area contributed by atoms with Gasteiger partial charge < -0.3 is 14.4 Å². The number of carbonyl (C=O) groups excluding carboxylic acids is 4. The number of amides is 3. The molecule has 0 N–H and O–H groups in total. The molecule has 5 rings (SSSR count). The highest BCUT2D eigenvalue weighted by molar-refractivity contribution is 6.35. The molecule has 0 aromatic heterocycles. The first-order valence-electron chi connectivity index (χ1n) is 11.8. The highest BCUT2D eigenvalue weighted by atomic mass is 16.6. The van der Waals surface area contributed by atoms with E-state index in [0.29, 0.717) is 18.0 Å². The molecule has 0 radical (unpaired) electrons. The molecule has 2 heterocycles. The minimum Gasteiger partial charge on any atom is -0.492 e. The van der Waals surface area contributed by atoms with Crippen molar-refractivity contribution in [3.63, 3.8) is 0 Å². The maximum atomic E-state index is 13.0. The summed E-state index contributed by atoms with van der Waals surface area (Å²) < 4.78 is 11.1. The van der Waals surface area contributed by atoms with Gasteiger partial charge in [0.15, 0.2) is 0 Å². The first kappa shape index (κ1) is 24.6. The molecule has 3 aromatic rings. The van der Waals surface area contributed by atoms with Gasteiger partial charge in [-0.25, -0.2) is 4.90 Å². The molecule has 1 fully saturated rings. The van der Waals surface area contributed by atoms with Crippen LogP contribution in [0.25, 0.3) is 0 Å². The molecule has 0 unspecified atom stereocenters. The second-order valence-corrected chi connectivity index (χ2v) is 8.63. The fraction of sp³-hybridized carbons (Fsp3) is 0.185. The van der Waals surface area contributed by atoms with Crippen molar-refractivity contribution in [2.75, 3.05) is 23.0 Å². The Morgan fingerprint density at radius 1 is 1.03 bits per heavy atom. The number of nitro benzene ring substituents is 1. The molecule has 2 aliphatic heterocycles. The van der Waals surface area contributed by atoms with Crippen molar-refractivity contribution in [1.29, 1.82) is 0 Å². The second kappa shape index (κ2) is 9.77. The van der Waals surface area contributed by atoms with Crippen LogP contribution in [0.1, 0.15) is 34.1 Å². The average Bonchev–Trinajstić information content (AvgIpc) is 3.41. The minimum absolute atomic E-state index is 0.0545. The number of anilines is 2. The molecule has 0 bridgehead atoms. The summed E-state index contributed by atoms with van der Waals surface area (Å²) in [7, 11) is 0. The second-order valence-electron chi connectivity index (χ2n) is 8.63. The van der Waals surface area contributed by atoms with Gasteiger partial charge >= 0.3 is 5.97 Å². The number of para-hydroxylation sites is 2. The Labute approximate surface area is 216 Å². The van der Waals surface area contributed by atoms with Crippen LogP contribution in [0.15, 0.2) is 66.7 Å². The Hall–Kier alpha value is -5.06. The van der Waals surface area contributed by atoms with Gasteiger partial charge in [0.25, 0.3) is 17.5 Å². The Morgan fingerprint density at radius 2 is 1.79 bits per heavy atom. The van der Waals surface area contributed by atoms with Gasteiger partial charge in [0.1, 0.15) is 17.1 Å². The monoisotopic (exact) mass is 515 g/mol. The number of rotatable bonds is 7. The molecule has 11 heteroatoms. The lowest BCUT2D eigenvalue weighted by Crippen LogP contribution is -2.29. The number of nitro groups is 1. The van der Waals surface area contributed by atoms with E-state index in [1.165, 1.54) is 41.3 Å². The Bertz CT molecular complexity index is 1500. The first-order valence-corrected chi connectivity index (χ1v) is 11.8. The van der Waals surface area contributed by atoms with Crippen LogP contribution in [0.3, 0.4) is 0 Å². The van der Waals surface area contributed by atoms with E-state index in [2.05, 4.69) is 0 Å². The van der Waals surface area contributed by atoms with Crippen LogP contribution in [-0.4, -0.2) is 41.8 Å². The highest BCUT2D eigenvalue weighted by Gasteiger charge is 2.42. The zero-order valence-electron chi connectivity index (χ0n) is 20.2. The standard InChI is InChI=1S/C27H21N3O8/c1-2-37-22-12-4-3-10-20(22)28-15-16(13-23(28)31)27(34)38-18-8-5-7-17(14-18)29-25(32)19-9-6-11-21(30(35)36)24(19)26(29)33/h3-12,14,16H,2,13,15H2,1H3/t16-/m1/s1. The van der Waals surface area contributed by atoms with Crippen molar-refractivity contribution in [3.05, 3.63) is 88.0 Å². The molecule has 1 saturated heterocycles. The molecule has 38 heavy (non-hydrogen) atoms. The summed E-state index contributed by atoms with van der Waals surface area (Å²) >= 11 is 0. The lowest BCUT2D eigenvalue weighted by atomic mass is 10.1. The number of nitrogens with zero attached hydrogens (tertiary/aromatic N) is 3. The normalized spacial score (nSPS) is 16.6. The number of imide groups is 1. The number of benzene rings is 3. The maximum Gasteiger partial charge on any atom is 0.316 e. The molecule has 0 spiro atoms. The van der Waals surface area contributed by atoms with Crippen molar-refractivity contribution in [3.8, 4) is 11.5 Å². The number of esters is 1. The predicted molar refractivity (Wildman–Crippen MR) is 134 cm³/mol. The van der Waals surface area contributed by atoms with Gasteiger partial charge in [0.05, 0.1) is 34.4 Å². The minimum atomic E-state index is -0.842. The Balaban J connectivity index is 1.34. The van der Waals surface area contributed by atoms with E-state index < -0.39 is 34.3 Å². The molecular weight excluding hydrogens is 494 g/mol. The number of hydrogen-bond acceptors (Lipinski definition) is 8. The van der Waals surface area contributed by atoms with E-state index in [1.54, 1.807) is 24.3 Å². The first-order chi connectivity index (χ1) is 18.3. The van der Waals surface area contributed by atoms with Crippen LogP contribution in [0.4, 0.5) is 17.1 Å². The van der Waals surface area contributed by atoms with Gasteiger partial charge in [-0.3, -0.25) is 29.3 Å². The zero-order chi connectivity index (χ0) is 27.0. The third-order valence-electron chi connectivity index (χ3n) is 6.30. The maximum absolute atomic E-state index is 13.0. The fourth-order valence-electron chi connectivity index (χ4n) is 4.60. The molecule has 192 valence electrons. The van der Waals surface area contributed by atoms with E-state index in [9.17, 15) is 29.3 Å². The molecular formula is C27H21N3O8. The number of hydrogen-bond donors (Lipinski definition) is 0. The number of ether oxygens (including phenoxy) is 2. The van der Waals surface area contributed by atoms with Crippen LogP contribution >= 0.6 is 0 Å². The summed E-state index contributed by atoms with van der Waals surface area (Å²) in [6.07, 6.45) is -0.0545. The predicted octanol–water partition coefficient (Wildman–Crippen LogP) is 3.75. The smallest absolute Gasteiger partial charge is 0.316 e. The highest BCUT2D eigenvalue weighted by Crippen LogP contribution is 2.36. The van der Waals surface area contributed by atoms with Crippen LogP contribution in [0.2, 0.25) is 0 Å². The molecule has 2 aliphatic rings. The Morgan fingerprint density at radius 3 is 2.55 bits per heavy atom. The SMILES string of the molecule is CCOc1ccccc1N1C[C@H](C(=O)Oc2cccc(N3C(=O)c4cccc([N+](=O)[O-])c4C3=O)c2)CC1=O. The molecule has 3 amide bonds. The molecule has 0 saturated carbocycles. The third kappa shape index (κ3) is 4.23. The van der Waals surface area contributed by atoms with Crippen molar-refractivity contribution < 1.29 is 33.6 Å². The van der Waals surface area contributed by atoms with E-state index in [1.807, 2.05) is 6.92 Å². The lowest BCUT2D eigenvalue weighted by Gasteiger charge is -2.20. The van der Waals surface area contributed by atoms with Crippen molar-refractivity contribution in [2.45, 2.75) is 13.3 Å². The number of fused-ring (bicyclic) bond motifs is 1. The Kier molecular flexibility index (Phi) is 6.33. The quantitative estimate of drug-likeness (QED) is 0.153. The fourth-order valence-corrected chi connectivity index (χ4v) is 4.60. The molecule has 0 aliphatic carbocycles. The van der Waals surface area contributed by atoms with Crippen LogP contribution in [-0.2, 0) is 9.59 Å². The summed E-state index contributed by atoms with van der Waals surface area (Å²) in [6, 6.07) is 16.6. The van der Waals surface area contributed by atoms with Gasteiger partial charge in [-0.1, -0.05) is 24.3 Å². The van der Waals surface area contributed by atoms with Gasteiger partial charge in [-0.2, -0.15) is 0 Å². The molecule has 3 aromatic carbocycles. The summed E-state index contributed by atoms with van der Waals surface area (Å²) in [5, 5.41) is 11.4. The van der Waals surface area contributed by atoms with E-state index in [0.717, 1.165) is 11.0 Å². The largest absolute Gasteiger partial charge is 0.492 e. The molecule has 1 atom stereocenters. The van der Waals surface area contributed by atoms with E-state index in [4.69, 9.17) is 9.47 Å². The van der Waals surface area contributed by atoms with E-state index in [-0.39, 0.29) is 41.4 Å². The topological polar surface area (TPSA) is 136 Å². The van der Waals surface area contributed by atoms with Crippen molar-refractivity contribution >= 4 is 40.8 Å². The van der Waals surface area contributed by atoms with Crippen molar-refractivity contribution in [2.24, 2.45) is 5.92 Å². The van der Waals surface area contributed by atoms with Crippen LogP contribution in [0.5, 0.6) is 11.5 Å². The zero-order valence-corrected chi connectivity index (χ0v) is 20.2. The van der Waals surface area contributed by atoms with Gasteiger partial charge in [-0.05, 0) is 37.3 Å². The summed E-state index contributed by atoms with van der Waals surface area (Å²) in [6.45, 7) is 2.35. The van der Waals surface area contributed by atoms with Gasteiger partial charge in [0.2, 0.25) is 5.91 Å². The number of carbonyl (C=O) groups is 4. The lowest BCUT2D eigenvalue weighted by molar-refractivity contribution is -0.385. The van der Waals surface area contributed by atoms with Crippen LogP contribution in [0, 0.1) is 16.0 Å². The summed E-state index contributed by atoms with van der Waals surface area (Å²) in [5.74, 6) is -2.62. The third-order valence-corrected chi connectivity index (χ3v) is 6.30. The van der Waals surface area contributed by atoms with Gasteiger partial charge in [-0.15, -0.1) is 0 Å². The summed E-state index contributed by atoms with van der Waals surface area (Å²) in [4.78, 5) is 64.5. The molecule has 11 nitrogen and oxygen atoms in total. The van der Waals surface area contributed by atoms with Gasteiger partial charge in [0, 0.05) is 25.1 Å². The van der Waals surface area contributed by atoms with Crippen LogP contribution < -0.4 is 19.3 Å². The summed E-state index contributed by atoms with van der Waals surface area (Å²) in [5.41, 5.74) is -0.181.